The van der Waals surface area contributed by atoms with Gasteiger partial charge >= 0.3 is 6.18 Å². The monoisotopic (exact) mass is 395 g/mol. The summed E-state index contributed by atoms with van der Waals surface area (Å²) in [6, 6.07) is 9.82. The molecule has 1 aromatic heterocycles. The van der Waals surface area contributed by atoms with E-state index >= 15 is 0 Å². The Morgan fingerprint density at radius 2 is 1.89 bits per heavy atom. The van der Waals surface area contributed by atoms with Gasteiger partial charge in [-0.3, -0.25) is 4.79 Å². The normalized spacial score (nSPS) is 15.0. The van der Waals surface area contributed by atoms with Gasteiger partial charge in [-0.25, -0.2) is 9.37 Å². The molecule has 1 amide bonds. The molecule has 140 valence electrons. The molecule has 0 spiro atoms. The fourth-order valence-electron chi connectivity index (χ4n) is 2.90. The second kappa shape index (κ2) is 6.49. The molecule has 9 heteroatoms. The van der Waals surface area contributed by atoms with Crippen LogP contribution in [-0.4, -0.2) is 24.0 Å². The molecular formula is C18H13F4N3OS. The van der Waals surface area contributed by atoms with Gasteiger partial charge in [-0.15, -0.1) is 0 Å². The van der Waals surface area contributed by atoms with Crippen molar-refractivity contribution in [2.24, 2.45) is 5.92 Å². The molecule has 2 heterocycles. The molecule has 3 aromatic rings. The molecular weight excluding hydrogens is 382 g/mol. The van der Waals surface area contributed by atoms with Gasteiger partial charge in [-0.2, -0.15) is 13.2 Å². The number of nitrogens with zero attached hydrogens (tertiary/aromatic N) is 2. The minimum absolute atomic E-state index is 0.0794. The number of hydrogen-bond donors (Lipinski definition) is 1. The molecule has 4 nitrogen and oxygen atoms in total. The van der Waals surface area contributed by atoms with Crippen LogP contribution in [-0.2, 0) is 11.0 Å². The van der Waals surface area contributed by atoms with Crippen molar-refractivity contribution in [1.29, 1.82) is 0 Å². The van der Waals surface area contributed by atoms with Crippen molar-refractivity contribution in [3.8, 4) is 0 Å². The Balaban J connectivity index is 1.47. The number of benzene rings is 2. The van der Waals surface area contributed by atoms with Gasteiger partial charge in [0.2, 0.25) is 5.91 Å². The van der Waals surface area contributed by atoms with Crippen LogP contribution in [0.5, 0.6) is 0 Å². The summed E-state index contributed by atoms with van der Waals surface area (Å²) in [5.74, 6) is -1.22. The van der Waals surface area contributed by atoms with Crippen LogP contribution < -0.4 is 10.2 Å². The Morgan fingerprint density at radius 3 is 2.59 bits per heavy atom. The third-order valence-electron chi connectivity index (χ3n) is 4.37. The fraction of sp³-hybridized carbons (Fsp3) is 0.222. The quantitative estimate of drug-likeness (QED) is 0.663. The Labute approximate surface area is 155 Å². The van der Waals surface area contributed by atoms with Crippen LogP contribution >= 0.6 is 11.3 Å². The Morgan fingerprint density at radius 1 is 1.15 bits per heavy atom. The van der Waals surface area contributed by atoms with E-state index in [1.165, 1.54) is 24.3 Å². The number of para-hydroxylation sites is 2. The lowest BCUT2D eigenvalue weighted by Crippen LogP contribution is -2.52. The van der Waals surface area contributed by atoms with Crippen molar-refractivity contribution in [2.75, 3.05) is 23.3 Å². The summed E-state index contributed by atoms with van der Waals surface area (Å²) in [4.78, 5) is 18.1. The Hall–Kier alpha value is -2.68. The zero-order chi connectivity index (χ0) is 19.2. The van der Waals surface area contributed by atoms with E-state index in [4.69, 9.17) is 0 Å². The molecule has 0 bridgehead atoms. The molecule has 1 aliphatic rings. The first-order chi connectivity index (χ1) is 12.8. The number of carbonyl (C=O) groups excluding carboxylic acids is 1. The van der Waals surface area contributed by atoms with Crippen LogP contribution in [0, 0.1) is 11.7 Å². The van der Waals surface area contributed by atoms with Gasteiger partial charge in [0.05, 0.1) is 27.4 Å². The minimum Gasteiger partial charge on any atom is -0.346 e. The van der Waals surface area contributed by atoms with E-state index in [9.17, 15) is 22.4 Å². The average molecular weight is 395 g/mol. The van der Waals surface area contributed by atoms with Crippen molar-refractivity contribution < 1.29 is 22.4 Å². The van der Waals surface area contributed by atoms with Crippen LogP contribution in [0.4, 0.5) is 28.4 Å². The lowest BCUT2D eigenvalue weighted by Gasteiger charge is -2.37. The zero-order valence-corrected chi connectivity index (χ0v) is 14.6. The number of anilines is 2. The Kier molecular flexibility index (Phi) is 4.26. The van der Waals surface area contributed by atoms with E-state index in [1.807, 2.05) is 0 Å². The van der Waals surface area contributed by atoms with Crippen molar-refractivity contribution in [3.63, 3.8) is 0 Å². The third-order valence-corrected chi connectivity index (χ3v) is 5.45. The van der Waals surface area contributed by atoms with Crippen molar-refractivity contribution in [1.82, 2.24) is 4.98 Å². The predicted octanol–water partition coefficient (Wildman–Crippen LogP) is 4.53. The summed E-state index contributed by atoms with van der Waals surface area (Å²) in [5.41, 5.74) is -0.739. The van der Waals surface area contributed by atoms with Gasteiger partial charge in [0.15, 0.2) is 5.13 Å². The lowest BCUT2D eigenvalue weighted by molar-refractivity contribution is -0.136. The summed E-state index contributed by atoms with van der Waals surface area (Å²) >= 11 is 1.15. The SMILES string of the molecule is O=C(Nc1ccccc1F)C1CN(c2nc3c(C(F)(F)F)cccc3s2)C1. The van der Waals surface area contributed by atoms with E-state index < -0.39 is 17.6 Å². The van der Waals surface area contributed by atoms with Gasteiger partial charge in [0, 0.05) is 13.1 Å². The molecule has 1 aliphatic heterocycles. The first-order valence-corrected chi connectivity index (χ1v) is 8.91. The van der Waals surface area contributed by atoms with Gasteiger partial charge in [0.1, 0.15) is 5.82 Å². The number of carbonyl (C=O) groups is 1. The molecule has 27 heavy (non-hydrogen) atoms. The molecule has 0 atom stereocenters. The molecule has 1 N–H and O–H groups in total. The summed E-state index contributed by atoms with van der Waals surface area (Å²) in [6.45, 7) is 0.642. The highest BCUT2D eigenvalue weighted by molar-refractivity contribution is 7.22. The van der Waals surface area contributed by atoms with Crippen LogP contribution in [0.3, 0.4) is 0 Å². The summed E-state index contributed by atoms with van der Waals surface area (Å²) in [6.07, 6.45) is -4.47. The minimum atomic E-state index is -4.47. The molecule has 4 rings (SSSR count). The van der Waals surface area contributed by atoms with E-state index in [0.29, 0.717) is 22.9 Å². The highest BCUT2D eigenvalue weighted by atomic mass is 32.1. The number of rotatable bonds is 3. The van der Waals surface area contributed by atoms with Gasteiger partial charge < -0.3 is 10.2 Å². The molecule has 2 aromatic carbocycles. The number of nitrogens with one attached hydrogen (secondary N) is 1. The number of aromatic nitrogens is 1. The molecule has 0 unspecified atom stereocenters. The molecule has 0 radical (unpaired) electrons. The highest BCUT2D eigenvalue weighted by Crippen LogP contribution is 2.39. The first-order valence-electron chi connectivity index (χ1n) is 8.10. The second-order valence-corrected chi connectivity index (χ2v) is 7.23. The van der Waals surface area contributed by atoms with E-state index in [0.717, 1.165) is 17.4 Å². The lowest BCUT2D eigenvalue weighted by atomic mass is 10.00. The number of amides is 1. The average Bonchev–Trinajstić information content (AvgIpc) is 2.98. The van der Waals surface area contributed by atoms with Crippen LogP contribution in [0.1, 0.15) is 5.56 Å². The number of halogens is 4. The topological polar surface area (TPSA) is 45.2 Å². The van der Waals surface area contributed by atoms with Crippen molar-refractivity contribution in [2.45, 2.75) is 6.18 Å². The third kappa shape index (κ3) is 3.34. The largest absolute Gasteiger partial charge is 0.418 e. The maximum atomic E-state index is 13.6. The predicted molar refractivity (Wildman–Crippen MR) is 95.4 cm³/mol. The molecule has 1 fully saturated rings. The first kappa shape index (κ1) is 17.7. The van der Waals surface area contributed by atoms with Crippen molar-refractivity contribution in [3.05, 3.63) is 53.8 Å². The summed E-state index contributed by atoms with van der Waals surface area (Å²) in [7, 11) is 0. The van der Waals surface area contributed by atoms with Crippen LogP contribution in [0.15, 0.2) is 42.5 Å². The maximum Gasteiger partial charge on any atom is 0.418 e. The van der Waals surface area contributed by atoms with E-state index in [2.05, 4.69) is 10.3 Å². The van der Waals surface area contributed by atoms with Crippen LogP contribution in [0.25, 0.3) is 10.2 Å². The maximum absolute atomic E-state index is 13.6. The second-order valence-electron chi connectivity index (χ2n) is 6.22. The Bertz CT molecular complexity index is 1010. The van der Waals surface area contributed by atoms with E-state index in [1.54, 1.807) is 17.0 Å². The number of hydrogen-bond acceptors (Lipinski definition) is 4. The number of alkyl halides is 3. The van der Waals surface area contributed by atoms with Gasteiger partial charge in [0.25, 0.3) is 0 Å². The van der Waals surface area contributed by atoms with Gasteiger partial charge in [-0.05, 0) is 24.3 Å². The summed E-state index contributed by atoms with van der Waals surface area (Å²) in [5, 5.41) is 2.97. The smallest absolute Gasteiger partial charge is 0.346 e. The van der Waals surface area contributed by atoms with Crippen LogP contribution in [0.2, 0.25) is 0 Å². The zero-order valence-electron chi connectivity index (χ0n) is 13.8. The summed E-state index contributed by atoms with van der Waals surface area (Å²) < 4.78 is 53.3. The molecule has 0 saturated carbocycles. The fourth-order valence-corrected chi connectivity index (χ4v) is 3.91. The standard InChI is InChI=1S/C18H13F4N3OS/c19-12-5-1-2-6-13(12)23-16(26)10-8-25(9-10)17-24-15-11(18(20,21)22)4-3-7-14(15)27-17/h1-7,10H,8-9H2,(H,23,26). The molecule has 0 aliphatic carbocycles. The van der Waals surface area contributed by atoms with Crippen molar-refractivity contribution >= 4 is 38.3 Å². The molecule has 1 saturated heterocycles. The highest BCUT2D eigenvalue weighted by Gasteiger charge is 2.37. The van der Waals surface area contributed by atoms with E-state index in [-0.39, 0.29) is 23.0 Å². The number of thiazole rings is 1. The number of fused-ring (bicyclic) bond motifs is 1. The van der Waals surface area contributed by atoms with Gasteiger partial charge in [-0.1, -0.05) is 29.5 Å².